The molecule has 116 valence electrons. The number of hydrogen-bond acceptors (Lipinski definition) is 2. The van der Waals surface area contributed by atoms with Crippen molar-refractivity contribution in [1.82, 2.24) is 0 Å². The molecular formula is C16H35NO2. The summed E-state index contributed by atoms with van der Waals surface area (Å²) in [4.78, 5) is 8.89. The van der Waals surface area contributed by atoms with Gasteiger partial charge in [0, 0.05) is 5.97 Å². The van der Waals surface area contributed by atoms with Crippen LogP contribution in [0.3, 0.4) is 0 Å². The Balaban J connectivity index is 0. The molecule has 0 aromatic heterocycles. The monoisotopic (exact) mass is 273 g/mol. The fourth-order valence-corrected chi connectivity index (χ4v) is 1.97. The zero-order valence-corrected chi connectivity index (χ0v) is 13.4. The Labute approximate surface area is 120 Å². The molecule has 0 unspecified atom stereocenters. The number of carboxylic acids is 1. The molecule has 0 saturated carbocycles. The molecule has 0 saturated heterocycles. The number of carbonyl (C=O) groups is 1. The molecular weight excluding hydrogens is 238 g/mol. The van der Waals surface area contributed by atoms with Crippen molar-refractivity contribution in [2.45, 2.75) is 85.0 Å². The predicted molar refractivity (Wildman–Crippen MR) is 79.4 cm³/mol. The number of carboxylic acid groups (broad SMARTS) is 1. The quantitative estimate of drug-likeness (QED) is 0.588. The van der Waals surface area contributed by atoms with Gasteiger partial charge in [-0.25, -0.2) is 0 Å². The number of quaternary nitrogens is 1. The maximum atomic E-state index is 8.89. The molecule has 0 heterocycles. The maximum Gasteiger partial charge on any atom is 0.0739 e. The van der Waals surface area contributed by atoms with Crippen molar-refractivity contribution < 1.29 is 15.6 Å². The van der Waals surface area contributed by atoms with Gasteiger partial charge in [0.25, 0.3) is 0 Å². The third kappa shape index (κ3) is 31.8. The fraction of sp³-hybridized carbons (Fsp3) is 0.938. The van der Waals surface area contributed by atoms with Crippen LogP contribution in [-0.4, -0.2) is 12.5 Å². The number of aliphatic carboxylic acids is 1. The zero-order valence-electron chi connectivity index (χ0n) is 13.4. The fourth-order valence-electron chi connectivity index (χ4n) is 1.97. The first-order valence-electron chi connectivity index (χ1n) is 7.97. The van der Waals surface area contributed by atoms with Gasteiger partial charge in [-0.1, -0.05) is 65.2 Å². The summed E-state index contributed by atoms with van der Waals surface area (Å²) in [5, 5.41) is 8.89. The van der Waals surface area contributed by atoms with Gasteiger partial charge in [-0.2, -0.15) is 0 Å². The predicted octanol–water partition coefficient (Wildman–Crippen LogP) is 2.54. The molecule has 0 aliphatic carbocycles. The third-order valence-electron chi connectivity index (χ3n) is 3.03. The highest BCUT2D eigenvalue weighted by molar-refractivity contribution is 5.60. The Morgan fingerprint density at radius 3 is 1.53 bits per heavy atom. The van der Waals surface area contributed by atoms with Gasteiger partial charge in [0.2, 0.25) is 0 Å². The van der Waals surface area contributed by atoms with Crippen LogP contribution in [0.15, 0.2) is 0 Å². The largest absolute Gasteiger partial charge is 0.550 e. The van der Waals surface area contributed by atoms with Crippen LogP contribution in [0.4, 0.5) is 0 Å². The van der Waals surface area contributed by atoms with E-state index in [0.29, 0.717) is 0 Å². The molecule has 0 aromatic rings. The average molecular weight is 273 g/mol. The summed E-state index contributed by atoms with van der Waals surface area (Å²) in [6.07, 6.45) is 14.3. The Kier molecular flexibility index (Phi) is 19.0. The van der Waals surface area contributed by atoms with E-state index in [1.807, 2.05) is 0 Å². The SMILES string of the molecule is CC(=O)[O-].CC(C)CCCCCCCCCCC[NH3+]. The lowest BCUT2D eigenvalue weighted by atomic mass is 10.0. The topological polar surface area (TPSA) is 67.8 Å². The van der Waals surface area contributed by atoms with E-state index in [2.05, 4.69) is 19.6 Å². The number of hydrogen-bond donors (Lipinski definition) is 1. The molecule has 0 atom stereocenters. The molecule has 0 aliphatic heterocycles. The van der Waals surface area contributed by atoms with E-state index in [1.54, 1.807) is 0 Å². The van der Waals surface area contributed by atoms with Gasteiger partial charge in [-0.05, 0) is 25.7 Å². The van der Waals surface area contributed by atoms with Crippen LogP contribution < -0.4 is 10.8 Å². The van der Waals surface area contributed by atoms with Crippen LogP contribution in [0.5, 0.6) is 0 Å². The Morgan fingerprint density at radius 1 is 0.895 bits per heavy atom. The van der Waals surface area contributed by atoms with Crippen LogP contribution in [0.25, 0.3) is 0 Å². The number of carbonyl (C=O) groups excluding carboxylic acids is 1. The molecule has 0 aliphatic rings. The van der Waals surface area contributed by atoms with Gasteiger partial charge in [0.1, 0.15) is 0 Å². The summed E-state index contributed by atoms with van der Waals surface area (Å²) in [5.41, 5.74) is 3.87. The van der Waals surface area contributed by atoms with Gasteiger partial charge in [0.15, 0.2) is 0 Å². The molecule has 3 heteroatoms. The highest BCUT2D eigenvalue weighted by atomic mass is 16.4. The van der Waals surface area contributed by atoms with Crippen LogP contribution >= 0.6 is 0 Å². The number of rotatable bonds is 11. The van der Waals surface area contributed by atoms with Crippen molar-refractivity contribution in [1.29, 1.82) is 0 Å². The van der Waals surface area contributed by atoms with Crippen LogP contribution in [0.1, 0.15) is 85.0 Å². The average Bonchev–Trinajstić information content (AvgIpc) is 2.30. The summed E-state index contributed by atoms with van der Waals surface area (Å²) in [7, 11) is 0. The zero-order chi connectivity index (χ0) is 14.9. The van der Waals surface area contributed by atoms with Crippen LogP contribution in [-0.2, 0) is 4.79 Å². The normalized spacial score (nSPS) is 10.2. The van der Waals surface area contributed by atoms with Crippen molar-refractivity contribution in [2.24, 2.45) is 5.92 Å². The molecule has 3 nitrogen and oxygen atoms in total. The van der Waals surface area contributed by atoms with E-state index >= 15 is 0 Å². The van der Waals surface area contributed by atoms with Crippen molar-refractivity contribution >= 4 is 5.97 Å². The van der Waals surface area contributed by atoms with E-state index < -0.39 is 5.97 Å². The Morgan fingerprint density at radius 2 is 1.21 bits per heavy atom. The first-order valence-corrected chi connectivity index (χ1v) is 7.97. The number of unbranched alkanes of at least 4 members (excludes halogenated alkanes) is 8. The van der Waals surface area contributed by atoms with Gasteiger partial charge in [0.05, 0.1) is 6.54 Å². The molecule has 0 fully saturated rings. The van der Waals surface area contributed by atoms with Crippen LogP contribution in [0.2, 0.25) is 0 Å². The summed E-state index contributed by atoms with van der Waals surface area (Å²) in [6, 6.07) is 0. The van der Waals surface area contributed by atoms with Crippen molar-refractivity contribution in [3.63, 3.8) is 0 Å². The minimum atomic E-state index is -1.08. The second kappa shape index (κ2) is 17.4. The standard InChI is InChI=1S/C14H31N.C2H4O2/c1-14(2)12-10-8-6-4-3-5-7-9-11-13-15;1-2(3)4/h14H,3-13,15H2,1-2H3;1H3,(H,3,4). The van der Waals surface area contributed by atoms with E-state index in [4.69, 9.17) is 9.90 Å². The lowest BCUT2D eigenvalue weighted by molar-refractivity contribution is -0.368. The minimum absolute atomic E-state index is 0.896. The van der Waals surface area contributed by atoms with Crippen molar-refractivity contribution in [3.05, 3.63) is 0 Å². The van der Waals surface area contributed by atoms with Gasteiger partial charge < -0.3 is 15.6 Å². The summed E-state index contributed by atoms with van der Waals surface area (Å²) >= 11 is 0. The van der Waals surface area contributed by atoms with E-state index in [0.717, 1.165) is 19.4 Å². The van der Waals surface area contributed by atoms with Gasteiger partial charge in [-0.15, -0.1) is 0 Å². The van der Waals surface area contributed by atoms with E-state index in [1.165, 1.54) is 64.2 Å². The lowest BCUT2D eigenvalue weighted by Gasteiger charge is -2.04. The molecule has 0 aromatic carbocycles. The first-order chi connectivity index (χ1) is 9.00. The maximum absolute atomic E-state index is 8.89. The van der Waals surface area contributed by atoms with Gasteiger partial charge in [-0.3, -0.25) is 0 Å². The molecule has 0 bridgehead atoms. The summed E-state index contributed by atoms with van der Waals surface area (Å²) < 4.78 is 0. The van der Waals surface area contributed by atoms with Crippen molar-refractivity contribution in [2.75, 3.05) is 6.54 Å². The smallest absolute Gasteiger partial charge is 0.0739 e. The van der Waals surface area contributed by atoms with Crippen LogP contribution in [0, 0.1) is 5.92 Å². The molecule has 0 spiro atoms. The second-order valence-electron chi connectivity index (χ2n) is 5.71. The summed E-state index contributed by atoms with van der Waals surface area (Å²) in [6.45, 7) is 6.74. The lowest BCUT2D eigenvalue weighted by Crippen LogP contribution is -2.50. The molecule has 19 heavy (non-hydrogen) atoms. The molecule has 0 radical (unpaired) electrons. The molecule has 0 amide bonds. The van der Waals surface area contributed by atoms with E-state index in [9.17, 15) is 0 Å². The van der Waals surface area contributed by atoms with E-state index in [-0.39, 0.29) is 0 Å². The highest BCUT2D eigenvalue weighted by Gasteiger charge is 1.95. The minimum Gasteiger partial charge on any atom is -0.550 e. The molecule has 3 N–H and O–H groups in total. The summed E-state index contributed by atoms with van der Waals surface area (Å²) in [5.74, 6) is -0.187. The molecule has 0 rings (SSSR count). The Bertz CT molecular complexity index is 178. The van der Waals surface area contributed by atoms with Gasteiger partial charge >= 0.3 is 0 Å². The third-order valence-corrected chi connectivity index (χ3v) is 3.03. The van der Waals surface area contributed by atoms with Crippen molar-refractivity contribution in [3.8, 4) is 0 Å². The first kappa shape index (κ1) is 20.7. The Hall–Kier alpha value is -0.570. The highest BCUT2D eigenvalue weighted by Crippen LogP contribution is 2.12. The second-order valence-corrected chi connectivity index (χ2v) is 5.71.